The first-order chi connectivity index (χ1) is 8.36. The summed E-state index contributed by atoms with van der Waals surface area (Å²) in [6.45, 7) is 0.441. The van der Waals surface area contributed by atoms with Crippen molar-refractivity contribution in [2.24, 2.45) is 0 Å². The highest BCUT2D eigenvalue weighted by atomic mass is 16.5. The molecule has 3 nitrogen and oxygen atoms in total. The van der Waals surface area contributed by atoms with Gasteiger partial charge in [-0.2, -0.15) is 0 Å². The molecule has 0 spiro atoms. The van der Waals surface area contributed by atoms with Crippen LogP contribution < -0.4 is 4.74 Å². The van der Waals surface area contributed by atoms with Gasteiger partial charge in [0.15, 0.2) is 0 Å². The molecule has 0 atom stereocenters. The second-order valence-electron chi connectivity index (χ2n) is 3.81. The van der Waals surface area contributed by atoms with E-state index in [0.717, 1.165) is 22.1 Å². The first kappa shape index (κ1) is 11.9. The molecule has 0 radical (unpaired) electrons. The van der Waals surface area contributed by atoms with Crippen LogP contribution in [0.4, 0.5) is 0 Å². The zero-order chi connectivity index (χ0) is 12.1. The summed E-state index contributed by atoms with van der Waals surface area (Å²) in [5.41, 5.74) is 1.11. The molecule has 0 saturated heterocycles. The van der Waals surface area contributed by atoms with Crippen molar-refractivity contribution < 1.29 is 14.9 Å². The van der Waals surface area contributed by atoms with Crippen LogP contribution in [0.1, 0.15) is 5.56 Å². The lowest BCUT2D eigenvalue weighted by molar-refractivity contribution is 0.203. The van der Waals surface area contributed by atoms with Gasteiger partial charge in [0.2, 0.25) is 0 Å². The lowest BCUT2D eigenvalue weighted by Crippen LogP contribution is -2.02. The van der Waals surface area contributed by atoms with Crippen LogP contribution in [0.5, 0.6) is 5.75 Å². The minimum Gasteiger partial charge on any atom is -0.491 e. The average molecular weight is 232 g/mol. The molecule has 0 fully saturated rings. The molecule has 0 aliphatic heterocycles. The number of fused-ring (bicyclic) bond motifs is 1. The van der Waals surface area contributed by atoms with Crippen LogP contribution in [0.3, 0.4) is 0 Å². The molecule has 3 heteroatoms. The predicted molar refractivity (Wildman–Crippen MR) is 67.3 cm³/mol. The lowest BCUT2D eigenvalue weighted by Gasteiger charge is -2.11. The van der Waals surface area contributed by atoms with E-state index in [0.29, 0.717) is 13.0 Å². The van der Waals surface area contributed by atoms with Crippen LogP contribution in [0.25, 0.3) is 10.8 Å². The maximum atomic E-state index is 9.03. The Labute approximate surface area is 100 Å². The second kappa shape index (κ2) is 5.66. The van der Waals surface area contributed by atoms with E-state index in [1.807, 2.05) is 36.4 Å². The fourth-order valence-corrected chi connectivity index (χ4v) is 1.95. The van der Waals surface area contributed by atoms with Crippen LogP contribution in [-0.4, -0.2) is 30.0 Å². The molecule has 2 N–H and O–H groups in total. The molecule has 0 aliphatic carbocycles. The molecule has 2 aromatic carbocycles. The quantitative estimate of drug-likeness (QED) is 0.825. The Morgan fingerprint density at radius 1 is 0.882 bits per heavy atom. The highest BCUT2D eigenvalue weighted by molar-refractivity contribution is 5.91. The highest BCUT2D eigenvalue weighted by Gasteiger charge is 2.05. The molecule has 17 heavy (non-hydrogen) atoms. The van der Waals surface area contributed by atoms with Crippen molar-refractivity contribution in [1.82, 2.24) is 0 Å². The normalized spacial score (nSPS) is 10.7. The van der Waals surface area contributed by atoms with Crippen LogP contribution >= 0.6 is 0 Å². The van der Waals surface area contributed by atoms with E-state index in [1.54, 1.807) is 0 Å². The van der Waals surface area contributed by atoms with Crippen molar-refractivity contribution in [3.05, 3.63) is 42.0 Å². The average Bonchev–Trinajstić information content (AvgIpc) is 2.38. The molecule has 2 rings (SSSR count). The Bertz CT molecular complexity index is 494. The first-order valence-corrected chi connectivity index (χ1v) is 5.72. The molecule has 0 heterocycles. The van der Waals surface area contributed by atoms with E-state index in [4.69, 9.17) is 14.9 Å². The second-order valence-corrected chi connectivity index (χ2v) is 3.81. The van der Waals surface area contributed by atoms with Crippen molar-refractivity contribution in [2.75, 3.05) is 19.8 Å². The molecular formula is C14H16O3. The summed E-state index contributed by atoms with van der Waals surface area (Å²) in [5.74, 6) is 0.774. The number of aliphatic hydroxyl groups is 2. The van der Waals surface area contributed by atoms with Crippen molar-refractivity contribution in [3.63, 3.8) is 0 Å². The summed E-state index contributed by atoms with van der Waals surface area (Å²) in [4.78, 5) is 0. The first-order valence-electron chi connectivity index (χ1n) is 5.72. The number of hydrogen-bond acceptors (Lipinski definition) is 3. The fraction of sp³-hybridized carbons (Fsp3) is 0.286. The van der Waals surface area contributed by atoms with Gasteiger partial charge in [0.25, 0.3) is 0 Å². The molecule has 0 unspecified atom stereocenters. The van der Waals surface area contributed by atoms with Gasteiger partial charge in [-0.3, -0.25) is 0 Å². The van der Waals surface area contributed by atoms with Gasteiger partial charge in [-0.05, 0) is 23.4 Å². The number of ether oxygens (including phenoxy) is 1. The number of benzene rings is 2. The zero-order valence-electron chi connectivity index (χ0n) is 9.60. The molecule has 90 valence electrons. The molecule has 0 saturated carbocycles. The Morgan fingerprint density at radius 3 is 2.35 bits per heavy atom. The van der Waals surface area contributed by atoms with Gasteiger partial charge < -0.3 is 14.9 Å². The van der Waals surface area contributed by atoms with E-state index in [2.05, 4.69) is 0 Å². The molecule has 2 aromatic rings. The van der Waals surface area contributed by atoms with Crippen LogP contribution in [0.15, 0.2) is 36.4 Å². The van der Waals surface area contributed by atoms with E-state index >= 15 is 0 Å². The standard InChI is InChI=1S/C14H16O3/c15-8-7-11-5-6-14(17-10-9-16)13-4-2-1-3-12(11)13/h1-6,15-16H,7-10H2. The Balaban J connectivity index is 2.46. The summed E-state index contributed by atoms with van der Waals surface area (Å²) in [6, 6.07) is 11.8. The summed E-state index contributed by atoms with van der Waals surface area (Å²) < 4.78 is 5.49. The zero-order valence-corrected chi connectivity index (χ0v) is 9.60. The minimum absolute atomic E-state index is 0.00667. The lowest BCUT2D eigenvalue weighted by atomic mass is 10.0. The Morgan fingerprint density at radius 2 is 1.65 bits per heavy atom. The molecular weight excluding hydrogens is 216 g/mol. The summed E-state index contributed by atoms with van der Waals surface area (Å²) in [7, 11) is 0. The largest absolute Gasteiger partial charge is 0.491 e. The van der Waals surface area contributed by atoms with Gasteiger partial charge in [0.1, 0.15) is 12.4 Å². The van der Waals surface area contributed by atoms with Gasteiger partial charge in [0.05, 0.1) is 6.61 Å². The third-order valence-electron chi connectivity index (χ3n) is 2.70. The van der Waals surface area contributed by atoms with Crippen molar-refractivity contribution in [3.8, 4) is 5.75 Å². The topological polar surface area (TPSA) is 49.7 Å². The summed E-state index contributed by atoms with van der Waals surface area (Å²) in [6.07, 6.45) is 0.640. The predicted octanol–water partition coefficient (Wildman–Crippen LogP) is 1.75. The van der Waals surface area contributed by atoms with E-state index in [-0.39, 0.29) is 13.2 Å². The maximum Gasteiger partial charge on any atom is 0.127 e. The summed E-state index contributed by atoms with van der Waals surface area (Å²) in [5, 5.41) is 19.9. The van der Waals surface area contributed by atoms with Gasteiger partial charge in [-0.1, -0.05) is 30.3 Å². The van der Waals surface area contributed by atoms with E-state index < -0.39 is 0 Å². The fourth-order valence-electron chi connectivity index (χ4n) is 1.95. The molecule has 0 amide bonds. The van der Waals surface area contributed by atoms with E-state index in [9.17, 15) is 0 Å². The molecule has 0 bridgehead atoms. The number of aliphatic hydroxyl groups excluding tert-OH is 2. The highest BCUT2D eigenvalue weighted by Crippen LogP contribution is 2.28. The van der Waals surface area contributed by atoms with Gasteiger partial charge >= 0.3 is 0 Å². The van der Waals surface area contributed by atoms with Gasteiger partial charge in [0, 0.05) is 12.0 Å². The number of hydrogen-bond donors (Lipinski definition) is 2. The minimum atomic E-state index is 0.00667. The van der Waals surface area contributed by atoms with Crippen LogP contribution in [-0.2, 0) is 6.42 Å². The Kier molecular flexibility index (Phi) is 3.96. The SMILES string of the molecule is OCCOc1ccc(CCO)c2ccccc12. The maximum absolute atomic E-state index is 9.03. The summed E-state index contributed by atoms with van der Waals surface area (Å²) >= 11 is 0. The van der Waals surface area contributed by atoms with Crippen molar-refractivity contribution in [2.45, 2.75) is 6.42 Å². The van der Waals surface area contributed by atoms with E-state index in [1.165, 1.54) is 0 Å². The molecule has 0 aliphatic rings. The van der Waals surface area contributed by atoms with Gasteiger partial charge in [-0.25, -0.2) is 0 Å². The van der Waals surface area contributed by atoms with Crippen molar-refractivity contribution in [1.29, 1.82) is 0 Å². The van der Waals surface area contributed by atoms with Crippen LogP contribution in [0.2, 0.25) is 0 Å². The van der Waals surface area contributed by atoms with Crippen molar-refractivity contribution >= 4 is 10.8 Å². The smallest absolute Gasteiger partial charge is 0.127 e. The third kappa shape index (κ3) is 2.57. The monoisotopic (exact) mass is 232 g/mol. The third-order valence-corrected chi connectivity index (χ3v) is 2.70. The van der Waals surface area contributed by atoms with Crippen LogP contribution in [0, 0.1) is 0 Å². The Hall–Kier alpha value is -1.58. The molecule has 0 aromatic heterocycles. The van der Waals surface area contributed by atoms with Gasteiger partial charge in [-0.15, -0.1) is 0 Å². The number of rotatable bonds is 5.